The minimum atomic E-state index is -0.440. The van der Waals surface area contributed by atoms with Crippen LogP contribution in [0.5, 0.6) is 0 Å². The van der Waals surface area contributed by atoms with E-state index in [9.17, 15) is 14.4 Å². The van der Waals surface area contributed by atoms with Crippen LogP contribution in [0.25, 0.3) is 6.08 Å². The number of amides is 3. The number of para-hydroxylation sites is 2. The lowest BCUT2D eigenvalue weighted by molar-refractivity contribution is -0.127. The molecule has 0 aromatic heterocycles. The topological polar surface area (TPSA) is 82.2 Å². The van der Waals surface area contributed by atoms with Crippen LogP contribution < -0.4 is 15.1 Å². The predicted molar refractivity (Wildman–Crippen MR) is 143 cm³/mol. The van der Waals surface area contributed by atoms with E-state index in [0.717, 1.165) is 59.7 Å². The predicted octanol–water partition coefficient (Wildman–Crippen LogP) is 4.11. The smallest absolute Gasteiger partial charge is 0.294 e. The Morgan fingerprint density at radius 1 is 1.03 bits per heavy atom. The molecule has 0 unspecified atom stereocenters. The van der Waals surface area contributed by atoms with Gasteiger partial charge in [-0.15, -0.1) is 0 Å². The van der Waals surface area contributed by atoms with E-state index in [4.69, 9.17) is 4.74 Å². The number of hydrogen-bond donors (Lipinski definition) is 1. The molecular weight excluding hydrogens is 476 g/mol. The summed E-state index contributed by atoms with van der Waals surface area (Å²) in [6, 6.07) is 13.7. The van der Waals surface area contributed by atoms with Crippen LogP contribution in [0.4, 0.5) is 21.9 Å². The first kappa shape index (κ1) is 24.4. The fraction of sp³-hybridized carbons (Fsp3) is 0.370. The number of hydrogen-bond acceptors (Lipinski definition) is 7. The zero-order valence-electron chi connectivity index (χ0n) is 20.4. The summed E-state index contributed by atoms with van der Waals surface area (Å²) in [6.45, 7) is 6.55. The van der Waals surface area contributed by atoms with Crippen molar-refractivity contribution in [2.75, 3.05) is 61.1 Å². The van der Waals surface area contributed by atoms with Crippen LogP contribution in [0.3, 0.4) is 0 Å². The molecule has 5 rings (SSSR count). The SMILES string of the molecule is Cc1cc(N2CCCC2)ccc1/C=C1/SC(=O)N(CC(=O)Nc2ccccc2N2CCOCC2)C1=O. The number of morpholine rings is 1. The highest BCUT2D eigenvalue weighted by Crippen LogP contribution is 2.34. The highest BCUT2D eigenvalue weighted by Gasteiger charge is 2.36. The maximum absolute atomic E-state index is 13.0. The van der Waals surface area contributed by atoms with E-state index in [0.29, 0.717) is 23.8 Å². The fourth-order valence-corrected chi connectivity index (χ4v) is 5.59. The number of rotatable bonds is 6. The minimum Gasteiger partial charge on any atom is -0.378 e. The number of benzene rings is 2. The molecule has 2 aromatic carbocycles. The molecule has 36 heavy (non-hydrogen) atoms. The van der Waals surface area contributed by atoms with Crippen LogP contribution in [-0.2, 0) is 14.3 Å². The second-order valence-corrected chi connectivity index (χ2v) is 10.2. The van der Waals surface area contributed by atoms with Gasteiger partial charge in [0.2, 0.25) is 5.91 Å². The first-order chi connectivity index (χ1) is 17.5. The molecule has 3 amide bonds. The van der Waals surface area contributed by atoms with E-state index in [1.807, 2.05) is 37.3 Å². The van der Waals surface area contributed by atoms with Crippen molar-refractivity contribution in [2.45, 2.75) is 19.8 Å². The lowest BCUT2D eigenvalue weighted by Gasteiger charge is -2.30. The summed E-state index contributed by atoms with van der Waals surface area (Å²) in [5.41, 5.74) is 4.68. The summed E-state index contributed by atoms with van der Waals surface area (Å²) in [4.78, 5) is 44.3. The van der Waals surface area contributed by atoms with E-state index < -0.39 is 17.1 Å². The molecule has 0 atom stereocenters. The normalized spacial score (nSPS) is 19.5. The molecule has 0 aliphatic carbocycles. The van der Waals surface area contributed by atoms with Gasteiger partial charge in [0.15, 0.2) is 0 Å². The van der Waals surface area contributed by atoms with Gasteiger partial charge in [0, 0.05) is 31.9 Å². The highest BCUT2D eigenvalue weighted by atomic mass is 32.2. The van der Waals surface area contributed by atoms with Crippen molar-refractivity contribution in [1.29, 1.82) is 0 Å². The highest BCUT2D eigenvalue weighted by molar-refractivity contribution is 8.18. The van der Waals surface area contributed by atoms with Gasteiger partial charge >= 0.3 is 0 Å². The second kappa shape index (κ2) is 10.8. The van der Waals surface area contributed by atoms with Gasteiger partial charge in [0.25, 0.3) is 11.1 Å². The van der Waals surface area contributed by atoms with Crippen LogP contribution in [0.15, 0.2) is 47.4 Å². The Hall–Kier alpha value is -3.30. The van der Waals surface area contributed by atoms with Crippen molar-refractivity contribution >= 4 is 52.0 Å². The van der Waals surface area contributed by atoms with E-state index in [-0.39, 0.29) is 6.54 Å². The van der Waals surface area contributed by atoms with E-state index >= 15 is 0 Å². The molecule has 8 nitrogen and oxygen atoms in total. The van der Waals surface area contributed by atoms with E-state index in [1.54, 1.807) is 6.08 Å². The number of nitrogens with one attached hydrogen (secondary N) is 1. The Morgan fingerprint density at radius 3 is 2.53 bits per heavy atom. The first-order valence-electron chi connectivity index (χ1n) is 12.3. The molecule has 9 heteroatoms. The first-order valence-corrected chi connectivity index (χ1v) is 13.1. The van der Waals surface area contributed by atoms with Crippen molar-refractivity contribution in [2.24, 2.45) is 0 Å². The van der Waals surface area contributed by atoms with Crippen LogP contribution in [-0.4, -0.2) is 67.9 Å². The Morgan fingerprint density at radius 2 is 1.78 bits per heavy atom. The van der Waals surface area contributed by atoms with Crippen molar-refractivity contribution in [1.82, 2.24) is 4.90 Å². The third-order valence-corrected chi connectivity index (χ3v) is 7.62. The third-order valence-electron chi connectivity index (χ3n) is 6.72. The fourth-order valence-electron chi connectivity index (χ4n) is 4.76. The van der Waals surface area contributed by atoms with E-state index in [1.165, 1.54) is 18.5 Å². The van der Waals surface area contributed by atoms with Gasteiger partial charge in [-0.25, -0.2) is 0 Å². The van der Waals surface area contributed by atoms with E-state index in [2.05, 4.69) is 27.2 Å². The quantitative estimate of drug-likeness (QED) is 0.591. The van der Waals surface area contributed by atoms with Gasteiger partial charge in [0.1, 0.15) is 6.54 Å². The molecule has 1 N–H and O–H groups in total. The molecule has 0 radical (unpaired) electrons. The minimum absolute atomic E-state index is 0.327. The molecule has 3 aliphatic heterocycles. The van der Waals surface area contributed by atoms with Gasteiger partial charge in [-0.3, -0.25) is 19.3 Å². The standard InChI is InChI=1S/C27H30N4O4S/c1-19-16-21(29-10-4-5-11-29)9-8-20(19)17-24-26(33)31(27(34)36-24)18-25(32)28-22-6-2-3-7-23(22)30-12-14-35-15-13-30/h2-3,6-9,16-17H,4-5,10-15,18H2,1H3,(H,28,32)/b24-17+. The van der Waals surface area contributed by atoms with Crippen LogP contribution in [0.1, 0.15) is 24.0 Å². The molecule has 0 bridgehead atoms. The van der Waals surface area contributed by atoms with Gasteiger partial charge < -0.3 is 19.9 Å². The van der Waals surface area contributed by atoms with Crippen LogP contribution >= 0.6 is 11.8 Å². The number of anilines is 3. The molecule has 0 spiro atoms. The van der Waals surface area contributed by atoms with Crippen molar-refractivity contribution in [3.63, 3.8) is 0 Å². The molecule has 3 heterocycles. The number of carbonyl (C=O) groups excluding carboxylic acids is 3. The lowest BCUT2D eigenvalue weighted by Crippen LogP contribution is -2.38. The number of nitrogens with zero attached hydrogens (tertiary/aromatic N) is 3. The zero-order chi connectivity index (χ0) is 25.1. The Labute approximate surface area is 215 Å². The Balaban J connectivity index is 1.26. The lowest BCUT2D eigenvalue weighted by atomic mass is 10.1. The average molecular weight is 507 g/mol. The van der Waals surface area contributed by atoms with Gasteiger partial charge in [-0.05, 0) is 73.0 Å². The molecule has 3 fully saturated rings. The zero-order valence-corrected chi connectivity index (χ0v) is 21.2. The number of thioether (sulfide) groups is 1. The molecule has 0 saturated carbocycles. The number of carbonyl (C=O) groups is 3. The second-order valence-electron chi connectivity index (χ2n) is 9.17. The van der Waals surface area contributed by atoms with Crippen LogP contribution in [0, 0.1) is 6.92 Å². The summed E-state index contributed by atoms with van der Waals surface area (Å²) in [5.74, 6) is -0.852. The summed E-state index contributed by atoms with van der Waals surface area (Å²) < 4.78 is 5.42. The third kappa shape index (κ3) is 5.27. The van der Waals surface area contributed by atoms with Crippen molar-refractivity contribution < 1.29 is 19.1 Å². The molecular formula is C27H30N4O4S. The molecule has 3 saturated heterocycles. The number of imide groups is 1. The number of ether oxygens (including phenoxy) is 1. The summed E-state index contributed by atoms with van der Waals surface area (Å²) in [6.07, 6.45) is 4.17. The van der Waals surface area contributed by atoms with Gasteiger partial charge in [-0.1, -0.05) is 18.2 Å². The van der Waals surface area contributed by atoms with Gasteiger partial charge in [0.05, 0.1) is 29.5 Å². The van der Waals surface area contributed by atoms with Crippen LogP contribution in [0.2, 0.25) is 0 Å². The van der Waals surface area contributed by atoms with Crippen molar-refractivity contribution in [3.05, 3.63) is 58.5 Å². The van der Waals surface area contributed by atoms with Gasteiger partial charge in [-0.2, -0.15) is 0 Å². The number of aryl methyl sites for hydroxylation is 1. The molecule has 3 aliphatic rings. The molecule has 188 valence electrons. The summed E-state index contributed by atoms with van der Waals surface area (Å²) >= 11 is 0.875. The summed E-state index contributed by atoms with van der Waals surface area (Å²) in [5, 5.41) is 2.45. The Kier molecular flexibility index (Phi) is 7.29. The Bertz CT molecular complexity index is 1200. The largest absolute Gasteiger partial charge is 0.378 e. The average Bonchev–Trinajstić information content (AvgIpc) is 3.51. The maximum atomic E-state index is 13.0. The monoisotopic (exact) mass is 506 g/mol. The maximum Gasteiger partial charge on any atom is 0.294 e. The summed E-state index contributed by atoms with van der Waals surface area (Å²) in [7, 11) is 0. The van der Waals surface area contributed by atoms with Crippen molar-refractivity contribution in [3.8, 4) is 0 Å². The molecule has 2 aromatic rings.